The molecule has 6 aliphatic rings. The van der Waals surface area contributed by atoms with E-state index >= 15 is 0 Å². The summed E-state index contributed by atoms with van der Waals surface area (Å²) in [5.74, 6) is 0.501. The first-order chi connectivity index (χ1) is 18.7. The zero-order valence-corrected chi connectivity index (χ0v) is 24.6. The number of allylic oxidation sites excluding steroid dienone is 4. The number of alkyl halides is 1. The predicted molar refractivity (Wildman–Crippen MR) is 145 cm³/mol. The van der Waals surface area contributed by atoms with Gasteiger partial charge in [-0.15, -0.1) is 0 Å². The highest BCUT2D eigenvalue weighted by atomic mass is 19.1. The normalized spacial score (nSPS) is 48.4. The second kappa shape index (κ2) is 7.41. The Kier molecular flexibility index (Phi) is 4.87. The average Bonchev–Trinajstić information content (AvgIpc) is 3.27. The van der Waals surface area contributed by atoms with Gasteiger partial charge in [-0.3, -0.25) is 9.59 Å². The molecule has 212 valence electrons. The van der Waals surface area contributed by atoms with E-state index in [4.69, 9.17) is 4.52 Å². The van der Waals surface area contributed by atoms with Crippen LogP contribution in [0, 0.1) is 55.7 Å². The van der Waals surface area contributed by atoms with Crippen molar-refractivity contribution in [3.05, 3.63) is 35.0 Å². The fraction of sp³-hybridized carbons (Fsp3) is 0.727. The van der Waals surface area contributed by atoms with Crippen molar-refractivity contribution in [2.75, 3.05) is 0 Å². The molecule has 7 heteroatoms. The molecule has 0 aliphatic heterocycles. The van der Waals surface area contributed by atoms with Gasteiger partial charge in [-0.2, -0.15) is 10.2 Å². The Labute approximate surface area is 235 Å². The molecular formula is C33H40FN3O3. The van der Waals surface area contributed by atoms with Gasteiger partial charge in [-0.05, 0) is 90.6 Å². The van der Waals surface area contributed by atoms with Crippen molar-refractivity contribution in [1.29, 1.82) is 5.26 Å². The number of nitriles is 1. The van der Waals surface area contributed by atoms with Crippen molar-refractivity contribution in [2.45, 2.75) is 105 Å². The standard InChI is InChI=1S/C33H40FN3O3/c1-27(2)7-10-32(26-36-23(16-34)37-40-26)11-8-29(4)24(20(32)15-27)21(38)13-22-28(29,3)9-12-33-18-31(33,6)25(39)19(17-35)14-30(22,33)5/h13-14,20,24H,7-12,15-16,18H2,1-6H3/t20-,24-,28+,29+,30+,31?,32-,33-/m0/s1. The summed E-state index contributed by atoms with van der Waals surface area (Å²) in [5, 5.41) is 13.9. The molecule has 0 radical (unpaired) electrons. The largest absolute Gasteiger partial charge is 0.339 e. The Bertz CT molecular complexity index is 1480. The first-order valence-corrected chi connectivity index (χ1v) is 15.0. The SMILES string of the molecule is CC1(C)CC[C@]2(c3nc(CF)no3)CC[C@]3(C)[C@H](C(=O)C=C4[C@@]5(C)C=C(C#N)C(=O)C6(C)C[C@]65CC[C@]43C)[C@@H]2C1. The maximum Gasteiger partial charge on any atom is 0.233 e. The van der Waals surface area contributed by atoms with Crippen LogP contribution in [0.15, 0.2) is 27.8 Å². The molecule has 1 spiro atoms. The monoisotopic (exact) mass is 545 g/mol. The van der Waals surface area contributed by atoms with E-state index < -0.39 is 22.9 Å². The van der Waals surface area contributed by atoms with E-state index in [0.29, 0.717) is 5.89 Å². The lowest BCUT2D eigenvalue weighted by Crippen LogP contribution is -2.65. The van der Waals surface area contributed by atoms with Crippen LogP contribution in [0.1, 0.15) is 105 Å². The molecule has 4 saturated carbocycles. The predicted octanol–water partition coefficient (Wildman–Crippen LogP) is 6.76. The number of fused-ring (bicyclic) bond motifs is 6. The smallest absolute Gasteiger partial charge is 0.233 e. The number of hydrogen-bond acceptors (Lipinski definition) is 6. The van der Waals surface area contributed by atoms with Crippen LogP contribution < -0.4 is 0 Å². The number of carbonyl (C=O) groups excluding carboxylic acids is 2. The average molecular weight is 546 g/mol. The van der Waals surface area contributed by atoms with Gasteiger partial charge < -0.3 is 4.52 Å². The fourth-order valence-corrected chi connectivity index (χ4v) is 11.2. The minimum absolute atomic E-state index is 0.0121. The topological polar surface area (TPSA) is 96.8 Å². The summed E-state index contributed by atoms with van der Waals surface area (Å²) in [6, 6.07) is 2.20. The summed E-state index contributed by atoms with van der Waals surface area (Å²) in [7, 11) is 0. The summed E-state index contributed by atoms with van der Waals surface area (Å²) in [6.07, 6.45) is 10.8. The van der Waals surface area contributed by atoms with Crippen molar-refractivity contribution in [2.24, 2.45) is 44.3 Å². The second-order valence-corrected chi connectivity index (χ2v) is 15.8. The molecule has 6 nitrogen and oxygen atoms in total. The van der Waals surface area contributed by atoms with Crippen LogP contribution in [0.5, 0.6) is 0 Å². The highest BCUT2D eigenvalue weighted by Gasteiger charge is 2.81. The first-order valence-electron chi connectivity index (χ1n) is 15.0. The molecule has 1 heterocycles. The third-order valence-electron chi connectivity index (χ3n) is 13.9. The Morgan fingerprint density at radius 3 is 2.42 bits per heavy atom. The third-order valence-corrected chi connectivity index (χ3v) is 13.9. The summed E-state index contributed by atoms with van der Waals surface area (Å²) < 4.78 is 19.3. The lowest BCUT2D eigenvalue weighted by Gasteiger charge is -2.68. The van der Waals surface area contributed by atoms with E-state index in [1.807, 2.05) is 19.1 Å². The molecule has 40 heavy (non-hydrogen) atoms. The number of Topliss-reactive ketones (excluding diaryl/α,β-unsaturated/α-hetero) is 1. The highest BCUT2D eigenvalue weighted by Crippen LogP contribution is 2.85. The number of ketones is 2. The van der Waals surface area contributed by atoms with Gasteiger partial charge in [0.2, 0.25) is 11.7 Å². The summed E-state index contributed by atoms with van der Waals surface area (Å²) >= 11 is 0. The van der Waals surface area contributed by atoms with Crippen LogP contribution >= 0.6 is 0 Å². The Hall–Kier alpha value is -2.62. The maximum atomic E-state index is 14.6. The van der Waals surface area contributed by atoms with E-state index in [0.717, 1.165) is 56.9 Å². The number of aromatic nitrogens is 2. The highest BCUT2D eigenvalue weighted by molar-refractivity contribution is 6.07. The maximum absolute atomic E-state index is 14.6. The summed E-state index contributed by atoms with van der Waals surface area (Å²) in [6.45, 7) is 12.7. The van der Waals surface area contributed by atoms with E-state index in [9.17, 15) is 19.2 Å². The summed E-state index contributed by atoms with van der Waals surface area (Å²) in [4.78, 5) is 32.4. The van der Waals surface area contributed by atoms with Crippen molar-refractivity contribution in [1.82, 2.24) is 10.1 Å². The van der Waals surface area contributed by atoms with Crippen LogP contribution in [0.25, 0.3) is 0 Å². The minimum Gasteiger partial charge on any atom is -0.339 e. The van der Waals surface area contributed by atoms with E-state index in [1.54, 1.807) is 0 Å². The molecule has 0 aromatic carbocycles. The number of carbonyl (C=O) groups is 2. The number of hydrogen-bond donors (Lipinski definition) is 0. The van der Waals surface area contributed by atoms with Crippen LogP contribution in [-0.2, 0) is 21.7 Å². The number of nitrogens with zero attached hydrogens (tertiary/aromatic N) is 3. The minimum atomic E-state index is -0.764. The molecule has 0 bridgehead atoms. The molecule has 1 aromatic rings. The lowest BCUT2D eigenvalue weighted by molar-refractivity contribution is -0.160. The number of rotatable bonds is 2. The van der Waals surface area contributed by atoms with Gasteiger partial charge in [-0.25, -0.2) is 4.39 Å². The fourth-order valence-electron chi connectivity index (χ4n) is 11.2. The van der Waals surface area contributed by atoms with E-state index in [-0.39, 0.29) is 56.5 Å². The van der Waals surface area contributed by atoms with Gasteiger partial charge in [0.05, 0.1) is 11.0 Å². The zero-order chi connectivity index (χ0) is 28.7. The molecule has 0 saturated heterocycles. The molecule has 6 aliphatic carbocycles. The third kappa shape index (κ3) is 2.70. The van der Waals surface area contributed by atoms with Crippen molar-refractivity contribution in [3.63, 3.8) is 0 Å². The number of halogens is 1. The lowest BCUT2D eigenvalue weighted by atomic mass is 9.34. The molecule has 4 fully saturated rings. The molecule has 7 rings (SSSR count). The zero-order valence-electron chi connectivity index (χ0n) is 24.6. The Morgan fingerprint density at radius 2 is 1.75 bits per heavy atom. The molecule has 1 unspecified atom stereocenters. The second-order valence-electron chi connectivity index (χ2n) is 15.8. The van der Waals surface area contributed by atoms with Gasteiger partial charge in [-0.1, -0.05) is 52.8 Å². The van der Waals surface area contributed by atoms with Gasteiger partial charge in [0.15, 0.2) is 18.2 Å². The van der Waals surface area contributed by atoms with Gasteiger partial charge in [0, 0.05) is 16.7 Å². The van der Waals surface area contributed by atoms with Gasteiger partial charge in [0.25, 0.3) is 0 Å². The van der Waals surface area contributed by atoms with Gasteiger partial charge in [0.1, 0.15) is 6.07 Å². The Morgan fingerprint density at radius 1 is 1.02 bits per heavy atom. The quantitative estimate of drug-likeness (QED) is 0.407. The van der Waals surface area contributed by atoms with Crippen LogP contribution in [0.2, 0.25) is 0 Å². The molecule has 1 aromatic heterocycles. The first kappa shape index (κ1) is 26.3. The van der Waals surface area contributed by atoms with Crippen LogP contribution in [0.4, 0.5) is 4.39 Å². The van der Waals surface area contributed by atoms with Crippen molar-refractivity contribution < 1.29 is 18.5 Å². The van der Waals surface area contributed by atoms with Crippen LogP contribution in [-0.4, -0.2) is 21.7 Å². The van der Waals surface area contributed by atoms with Crippen molar-refractivity contribution >= 4 is 11.6 Å². The molecule has 0 N–H and O–H groups in total. The Balaban J connectivity index is 1.40. The summed E-state index contributed by atoms with van der Waals surface area (Å²) in [5.41, 5.74) is -0.852. The van der Waals surface area contributed by atoms with E-state index in [1.165, 1.54) is 0 Å². The van der Waals surface area contributed by atoms with Crippen molar-refractivity contribution in [3.8, 4) is 6.07 Å². The molecule has 0 amide bonds. The van der Waals surface area contributed by atoms with Crippen LogP contribution in [0.3, 0.4) is 0 Å². The molecular weight excluding hydrogens is 505 g/mol. The van der Waals surface area contributed by atoms with Gasteiger partial charge >= 0.3 is 0 Å². The molecule has 8 atom stereocenters. The van der Waals surface area contributed by atoms with E-state index in [2.05, 4.69) is 50.8 Å².